The maximum absolute atomic E-state index is 13.6. The van der Waals surface area contributed by atoms with Crippen molar-refractivity contribution >= 4 is 32.1 Å². The van der Waals surface area contributed by atoms with Gasteiger partial charge in [0.1, 0.15) is 11.5 Å². The minimum Gasteiger partial charge on any atom is -0.343 e. The summed E-state index contributed by atoms with van der Waals surface area (Å²) in [6, 6.07) is 9.66. The molecule has 0 amide bonds. The van der Waals surface area contributed by atoms with E-state index in [9.17, 15) is 12.8 Å². The van der Waals surface area contributed by atoms with Gasteiger partial charge in [-0.3, -0.25) is 9.97 Å². The number of H-pyrrole nitrogens is 1. The van der Waals surface area contributed by atoms with Gasteiger partial charge in [-0.1, -0.05) is 0 Å². The fourth-order valence-electron chi connectivity index (χ4n) is 5.10. The largest absolute Gasteiger partial charge is 0.343 e. The Morgan fingerprint density at radius 1 is 1.08 bits per heavy atom. The molecule has 0 saturated carbocycles. The van der Waals surface area contributed by atoms with Crippen molar-refractivity contribution in [2.45, 2.75) is 25.3 Å². The van der Waals surface area contributed by atoms with Crippen LogP contribution in [0.1, 0.15) is 30.0 Å². The van der Waals surface area contributed by atoms with Crippen LogP contribution in [0.15, 0.2) is 61.3 Å². The second kappa shape index (κ2) is 8.79. The summed E-state index contributed by atoms with van der Waals surface area (Å²) in [7, 11) is -3.16. The number of aromatic amines is 1. The van der Waals surface area contributed by atoms with Crippen molar-refractivity contribution in [2.75, 3.05) is 19.3 Å². The lowest BCUT2D eigenvalue weighted by Gasteiger charge is -2.29. The Bertz CT molecular complexity index is 1690. The summed E-state index contributed by atoms with van der Waals surface area (Å²) in [4.78, 5) is 16.6. The van der Waals surface area contributed by atoms with E-state index in [1.807, 2.05) is 29.1 Å². The average molecular weight is 505 g/mol. The second-order valence-electron chi connectivity index (χ2n) is 9.37. The lowest BCUT2D eigenvalue weighted by molar-refractivity contribution is 0.319. The normalized spacial score (nSPS) is 15.7. The van der Waals surface area contributed by atoms with Crippen LogP contribution in [0.3, 0.4) is 0 Å². The molecular weight excluding hydrogens is 479 g/mol. The highest BCUT2D eigenvalue weighted by Gasteiger charge is 2.27. The number of pyridine rings is 3. The first kappa shape index (κ1) is 22.8. The molecule has 0 atom stereocenters. The number of nitrogens with one attached hydrogen (secondary N) is 1. The average Bonchev–Trinajstić information content (AvgIpc) is 3.48. The van der Waals surface area contributed by atoms with Gasteiger partial charge in [0.05, 0.1) is 23.5 Å². The summed E-state index contributed by atoms with van der Waals surface area (Å²) in [5, 5.41) is 1.01. The van der Waals surface area contributed by atoms with Crippen molar-refractivity contribution in [3.05, 3.63) is 78.4 Å². The highest BCUT2D eigenvalue weighted by molar-refractivity contribution is 7.88. The summed E-state index contributed by atoms with van der Waals surface area (Å²) < 4.78 is 41.0. The maximum Gasteiger partial charge on any atom is 0.211 e. The number of sulfonamides is 1. The molecule has 0 bridgehead atoms. The van der Waals surface area contributed by atoms with Crippen LogP contribution in [0.5, 0.6) is 0 Å². The smallest absolute Gasteiger partial charge is 0.211 e. The van der Waals surface area contributed by atoms with Gasteiger partial charge in [-0.2, -0.15) is 0 Å². The van der Waals surface area contributed by atoms with Crippen LogP contribution in [0.25, 0.3) is 33.2 Å². The summed E-state index contributed by atoms with van der Waals surface area (Å²) in [6.07, 6.45) is 11.3. The van der Waals surface area contributed by atoms with E-state index in [2.05, 4.69) is 32.1 Å². The first-order valence-corrected chi connectivity index (χ1v) is 13.7. The number of hydrogen-bond acceptors (Lipinski definition) is 5. The first-order valence-electron chi connectivity index (χ1n) is 11.8. The van der Waals surface area contributed by atoms with E-state index >= 15 is 0 Å². The Kier molecular flexibility index (Phi) is 5.57. The third-order valence-electron chi connectivity index (χ3n) is 6.96. The molecule has 1 N–H and O–H groups in total. The number of rotatable bonds is 5. The van der Waals surface area contributed by atoms with Gasteiger partial charge >= 0.3 is 0 Å². The Morgan fingerprint density at radius 3 is 2.69 bits per heavy atom. The number of nitrogens with zero attached hydrogens (tertiary/aromatic N) is 5. The Hall–Kier alpha value is -3.63. The van der Waals surface area contributed by atoms with Gasteiger partial charge in [-0.05, 0) is 54.3 Å². The van der Waals surface area contributed by atoms with E-state index < -0.39 is 10.0 Å². The Balaban J connectivity index is 1.33. The number of halogens is 1. The summed E-state index contributed by atoms with van der Waals surface area (Å²) in [6.45, 7) is 1.54. The van der Waals surface area contributed by atoms with E-state index in [0.29, 0.717) is 19.6 Å². The number of hydrogen-bond donors (Lipinski definition) is 1. The highest BCUT2D eigenvalue weighted by atomic mass is 32.2. The van der Waals surface area contributed by atoms with Crippen molar-refractivity contribution < 1.29 is 12.8 Å². The summed E-state index contributed by atoms with van der Waals surface area (Å²) in [5.74, 6) is -0.102. The Morgan fingerprint density at radius 2 is 1.92 bits per heavy atom. The van der Waals surface area contributed by atoms with Crippen molar-refractivity contribution in [2.24, 2.45) is 0 Å². The second-order valence-corrected chi connectivity index (χ2v) is 11.3. The molecule has 184 valence electrons. The topological polar surface area (TPSA) is 96.8 Å². The van der Waals surface area contributed by atoms with E-state index in [4.69, 9.17) is 0 Å². The third kappa shape index (κ3) is 4.27. The van der Waals surface area contributed by atoms with Gasteiger partial charge in [-0.25, -0.2) is 22.1 Å². The summed E-state index contributed by atoms with van der Waals surface area (Å²) in [5.41, 5.74) is 6.45. The van der Waals surface area contributed by atoms with Gasteiger partial charge in [-0.15, -0.1) is 0 Å². The van der Waals surface area contributed by atoms with E-state index in [-0.39, 0.29) is 11.7 Å². The monoisotopic (exact) mass is 504 g/mol. The number of aromatic nitrogens is 5. The van der Waals surface area contributed by atoms with Gasteiger partial charge < -0.3 is 9.55 Å². The molecule has 5 aromatic rings. The van der Waals surface area contributed by atoms with E-state index in [0.717, 1.165) is 57.3 Å². The van der Waals surface area contributed by atoms with Crippen LogP contribution in [-0.2, 0) is 16.6 Å². The Labute approximate surface area is 207 Å². The predicted molar refractivity (Wildman–Crippen MR) is 137 cm³/mol. The van der Waals surface area contributed by atoms with Crippen LogP contribution in [0.4, 0.5) is 4.39 Å². The maximum atomic E-state index is 13.6. The molecule has 5 aromatic heterocycles. The first-order chi connectivity index (χ1) is 17.3. The molecular formula is C26H25FN6O2S. The SMILES string of the molecule is CS(=O)(=O)N1CCC(c2cc3c(-c4cnc5ccn(Cc6cncc(F)c6)c5c4)ccnc3[nH]2)CC1. The van der Waals surface area contributed by atoms with Gasteiger partial charge in [0, 0.05) is 67.0 Å². The van der Waals surface area contributed by atoms with Crippen molar-refractivity contribution in [3.63, 3.8) is 0 Å². The van der Waals surface area contributed by atoms with Crippen LogP contribution in [0, 0.1) is 5.82 Å². The van der Waals surface area contributed by atoms with Crippen LogP contribution in [0.2, 0.25) is 0 Å². The lowest BCUT2D eigenvalue weighted by Crippen LogP contribution is -2.37. The number of fused-ring (bicyclic) bond motifs is 2. The quantitative estimate of drug-likeness (QED) is 0.385. The molecule has 1 aliphatic heterocycles. The minimum absolute atomic E-state index is 0.253. The molecule has 1 saturated heterocycles. The molecule has 10 heteroatoms. The van der Waals surface area contributed by atoms with Gasteiger partial charge in [0.2, 0.25) is 10.0 Å². The molecule has 8 nitrogen and oxygen atoms in total. The zero-order valence-corrected chi connectivity index (χ0v) is 20.5. The fourth-order valence-corrected chi connectivity index (χ4v) is 5.98. The zero-order valence-electron chi connectivity index (χ0n) is 19.7. The van der Waals surface area contributed by atoms with E-state index in [1.54, 1.807) is 16.7 Å². The molecule has 6 heterocycles. The molecule has 0 radical (unpaired) electrons. The predicted octanol–water partition coefficient (Wildman–Crippen LogP) is 4.30. The molecule has 0 spiro atoms. The minimum atomic E-state index is -3.16. The molecule has 36 heavy (non-hydrogen) atoms. The number of piperidine rings is 1. The van der Waals surface area contributed by atoms with Crippen molar-refractivity contribution in [3.8, 4) is 11.1 Å². The molecule has 6 rings (SSSR count). The van der Waals surface area contributed by atoms with Crippen LogP contribution in [-0.4, -0.2) is 56.6 Å². The van der Waals surface area contributed by atoms with Gasteiger partial charge in [0.15, 0.2) is 0 Å². The van der Waals surface area contributed by atoms with Crippen LogP contribution < -0.4 is 0 Å². The molecule has 0 aromatic carbocycles. The van der Waals surface area contributed by atoms with E-state index in [1.165, 1.54) is 18.5 Å². The molecule has 1 aliphatic rings. The standard InChI is InChI=1S/C26H25FN6O2S/c1-36(34,35)33-8-3-18(4-9-33)24-12-22-21(2-6-29-26(22)31-24)19-11-25-23(30-14-19)5-7-32(25)16-17-10-20(27)15-28-13-17/h2,5-7,10-15,18H,3-4,8-9,16H2,1H3,(H,29,31). The molecule has 0 unspecified atom stereocenters. The lowest BCUT2D eigenvalue weighted by atomic mass is 9.94. The van der Waals surface area contributed by atoms with Gasteiger partial charge in [0.25, 0.3) is 0 Å². The highest BCUT2D eigenvalue weighted by Crippen LogP contribution is 2.34. The van der Waals surface area contributed by atoms with Crippen molar-refractivity contribution in [1.29, 1.82) is 0 Å². The fraction of sp³-hybridized carbons (Fsp3) is 0.269. The van der Waals surface area contributed by atoms with Crippen LogP contribution >= 0.6 is 0 Å². The third-order valence-corrected chi connectivity index (χ3v) is 8.26. The molecule has 1 fully saturated rings. The summed E-state index contributed by atoms with van der Waals surface area (Å²) >= 11 is 0. The molecule has 0 aliphatic carbocycles. The zero-order chi connectivity index (χ0) is 24.9. The van der Waals surface area contributed by atoms with Crippen molar-refractivity contribution in [1.82, 2.24) is 28.8 Å².